The minimum absolute atomic E-state index is 0.251. The van der Waals surface area contributed by atoms with Crippen molar-refractivity contribution in [2.45, 2.75) is 37.9 Å². The molecule has 2 heterocycles. The highest BCUT2D eigenvalue weighted by molar-refractivity contribution is 7.99. The van der Waals surface area contributed by atoms with E-state index in [1.807, 2.05) is 30.3 Å². The van der Waals surface area contributed by atoms with Gasteiger partial charge in [0.25, 0.3) is 5.91 Å². The average Bonchev–Trinajstić information content (AvgIpc) is 3.37. The predicted octanol–water partition coefficient (Wildman–Crippen LogP) is 2.83. The molecule has 0 bridgehead atoms. The summed E-state index contributed by atoms with van der Waals surface area (Å²) in [5.41, 5.74) is 0.984. The lowest BCUT2D eigenvalue weighted by molar-refractivity contribution is -0.164. The normalized spacial score (nSPS) is 19.6. The Morgan fingerprint density at radius 3 is 2.59 bits per heavy atom. The quantitative estimate of drug-likeness (QED) is 0.674. The van der Waals surface area contributed by atoms with Crippen molar-refractivity contribution in [2.24, 2.45) is 0 Å². The van der Waals surface area contributed by atoms with E-state index < -0.39 is 18.1 Å². The predicted molar refractivity (Wildman–Crippen MR) is 109 cm³/mol. The number of rotatable bonds is 6. The van der Waals surface area contributed by atoms with Crippen molar-refractivity contribution in [1.29, 1.82) is 0 Å². The number of carbonyl (C=O) groups is 3. The molecular formula is C21H24N2O5S. The molecule has 1 fully saturated rings. The highest BCUT2D eigenvalue weighted by atomic mass is 32.2. The van der Waals surface area contributed by atoms with E-state index in [1.165, 1.54) is 34.7 Å². The summed E-state index contributed by atoms with van der Waals surface area (Å²) < 4.78 is 10.8. The Kier molecular flexibility index (Phi) is 6.64. The number of nitrogens with zero attached hydrogens (tertiary/aromatic N) is 2. The van der Waals surface area contributed by atoms with Crippen LogP contribution in [0.25, 0.3) is 0 Å². The Labute approximate surface area is 174 Å². The molecule has 1 aliphatic heterocycles. The van der Waals surface area contributed by atoms with Crippen molar-refractivity contribution < 1.29 is 23.5 Å². The van der Waals surface area contributed by atoms with Crippen LogP contribution in [-0.2, 0) is 25.7 Å². The second-order valence-electron chi connectivity index (χ2n) is 6.90. The third-order valence-electron chi connectivity index (χ3n) is 4.70. The molecule has 2 aromatic rings. The molecule has 1 aliphatic rings. The molecule has 1 aromatic heterocycles. The summed E-state index contributed by atoms with van der Waals surface area (Å²) in [6.07, 6.45) is 0.584. The fourth-order valence-electron chi connectivity index (χ4n) is 3.27. The van der Waals surface area contributed by atoms with E-state index in [-0.39, 0.29) is 17.2 Å². The lowest BCUT2D eigenvalue weighted by Gasteiger charge is -2.27. The first-order valence-corrected chi connectivity index (χ1v) is 10.4. The molecule has 0 spiro atoms. The summed E-state index contributed by atoms with van der Waals surface area (Å²) in [7, 11) is 1.67. The molecule has 2 amide bonds. The van der Waals surface area contributed by atoms with Gasteiger partial charge in [0.15, 0.2) is 6.10 Å². The number of esters is 1. The number of likely N-dealkylation sites (N-methyl/N-ethyl adjacent to an activating group) is 1. The second-order valence-corrected chi connectivity index (χ2v) is 8.02. The van der Waals surface area contributed by atoms with Crippen LogP contribution in [0.15, 0.2) is 53.1 Å². The number of carbonyl (C=O) groups excluding carboxylic acids is 3. The number of amides is 2. The Morgan fingerprint density at radius 1 is 1.24 bits per heavy atom. The summed E-state index contributed by atoms with van der Waals surface area (Å²) in [6.45, 7) is 3.37. The average molecular weight is 416 g/mol. The first-order chi connectivity index (χ1) is 13.9. The van der Waals surface area contributed by atoms with Crippen molar-refractivity contribution >= 4 is 29.5 Å². The molecule has 8 heteroatoms. The maximum Gasteiger partial charge on any atom is 0.330 e. The molecule has 3 rings (SSSR count). The van der Waals surface area contributed by atoms with Crippen LogP contribution < -0.4 is 0 Å². The zero-order chi connectivity index (χ0) is 21.0. The van der Waals surface area contributed by atoms with Gasteiger partial charge < -0.3 is 19.0 Å². The first kappa shape index (κ1) is 21.0. The van der Waals surface area contributed by atoms with Crippen molar-refractivity contribution in [3.8, 4) is 0 Å². The van der Waals surface area contributed by atoms with Crippen LogP contribution >= 0.6 is 11.8 Å². The topological polar surface area (TPSA) is 80.1 Å². The third kappa shape index (κ3) is 4.82. The van der Waals surface area contributed by atoms with Crippen LogP contribution in [0.3, 0.4) is 0 Å². The van der Waals surface area contributed by atoms with E-state index in [0.29, 0.717) is 18.1 Å². The minimum Gasteiger partial charge on any atom is -0.466 e. The molecule has 0 radical (unpaired) electrons. The Morgan fingerprint density at radius 2 is 1.97 bits per heavy atom. The summed E-state index contributed by atoms with van der Waals surface area (Å²) >= 11 is 1.43. The minimum atomic E-state index is -0.947. The van der Waals surface area contributed by atoms with E-state index >= 15 is 0 Å². The van der Waals surface area contributed by atoms with Crippen LogP contribution in [0.1, 0.15) is 30.5 Å². The van der Waals surface area contributed by atoms with Crippen LogP contribution in [0, 0.1) is 0 Å². The summed E-state index contributed by atoms with van der Waals surface area (Å²) in [4.78, 5) is 40.5. The standard InChI is InChI=1S/C21H24N2O5S/c1-14(19(25)22(3)12-16-8-5-4-6-9-16)28-21(26)17-13-29-20(23(17)15(2)24)18-10-7-11-27-18/h4-11,14,17,20H,12-13H2,1-3H3/t14-,17-,20+/m0/s1. The monoisotopic (exact) mass is 416 g/mol. The van der Waals surface area contributed by atoms with Gasteiger partial charge in [-0.05, 0) is 24.6 Å². The Bertz CT molecular complexity index is 855. The van der Waals surface area contributed by atoms with Gasteiger partial charge in [-0.2, -0.15) is 0 Å². The molecule has 0 unspecified atom stereocenters. The van der Waals surface area contributed by atoms with Gasteiger partial charge in [0.2, 0.25) is 5.91 Å². The molecule has 1 aromatic carbocycles. The van der Waals surface area contributed by atoms with Gasteiger partial charge >= 0.3 is 5.97 Å². The molecule has 0 N–H and O–H groups in total. The molecule has 154 valence electrons. The number of furan rings is 1. The highest BCUT2D eigenvalue weighted by Gasteiger charge is 2.43. The fourth-order valence-corrected chi connectivity index (χ4v) is 4.69. The highest BCUT2D eigenvalue weighted by Crippen LogP contribution is 2.41. The van der Waals surface area contributed by atoms with Crippen LogP contribution in [0.5, 0.6) is 0 Å². The van der Waals surface area contributed by atoms with Gasteiger partial charge in [0, 0.05) is 26.3 Å². The van der Waals surface area contributed by atoms with Crippen molar-refractivity contribution in [2.75, 3.05) is 12.8 Å². The van der Waals surface area contributed by atoms with Gasteiger partial charge in [0.1, 0.15) is 17.2 Å². The van der Waals surface area contributed by atoms with Crippen LogP contribution in [0.2, 0.25) is 0 Å². The van der Waals surface area contributed by atoms with Gasteiger partial charge in [0.05, 0.1) is 6.26 Å². The zero-order valence-corrected chi connectivity index (χ0v) is 17.4. The summed E-state index contributed by atoms with van der Waals surface area (Å²) in [6, 6.07) is 12.3. The number of ether oxygens (including phenoxy) is 1. The first-order valence-electron chi connectivity index (χ1n) is 9.31. The SMILES string of the molecule is CC(=O)N1[C@@H](c2ccco2)SC[C@H]1C(=O)O[C@@H](C)C(=O)N(C)Cc1ccccc1. The number of hydrogen-bond donors (Lipinski definition) is 0. The summed E-state index contributed by atoms with van der Waals surface area (Å²) in [5.74, 6) is -0.156. The zero-order valence-electron chi connectivity index (χ0n) is 16.6. The number of thioether (sulfide) groups is 1. The van der Waals surface area contributed by atoms with E-state index in [4.69, 9.17) is 9.15 Å². The number of hydrogen-bond acceptors (Lipinski definition) is 6. The van der Waals surface area contributed by atoms with Crippen molar-refractivity contribution in [1.82, 2.24) is 9.80 Å². The molecular weight excluding hydrogens is 392 g/mol. The maximum absolute atomic E-state index is 12.7. The van der Waals surface area contributed by atoms with Gasteiger partial charge in [-0.15, -0.1) is 11.8 Å². The molecule has 0 saturated carbocycles. The fraction of sp³-hybridized carbons (Fsp3) is 0.381. The number of benzene rings is 1. The van der Waals surface area contributed by atoms with Crippen LogP contribution in [0.4, 0.5) is 0 Å². The van der Waals surface area contributed by atoms with Crippen molar-refractivity contribution in [3.05, 3.63) is 60.1 Å². The third-order valence-corrected chi connectivity index (χ3v) is 5.99. The smallest absolute Gasteiger partial charge is 0.330 e. The molecule has 29 heavy (non-hydrogen) atoms. The van der Waals surface area contributed by atoms with Gasteiger partial charge in [-0.25, -0.2) is 4.79 Å². The van der Waals surface area contributed by atoms with Gasteiger partial charge in [-0.3, -0.25) is 9.59 Å². The largest absolute Gasteiger partial charge is 0.466 e. The molecule has 0 aliphatic carbocycles. The second kappa shape index (κ2) is 9.17. The van der Waals surface area contributed by atoms with E-state index in [1.54, 1.807) is 26.1 Å². The van der Waals surface area contributed by atoms with E-state index in [2.05, 4.69) is 0 Å². The Balaban J connectivity index is 1.62. The Hall–Kier alpha value is -2.74. The molecule has 1 saturated heterocycles. The van der Waals surface area contributed by atoms with E-state index in [0.717, 1.165) is 5.56 Å². The van der Waals surface area contributed by atoms with Gasteiger partial charge in [-0.1, -0.05) is 30.3 Å². The maximum atomic E-state index is 12.7. The lowest BCUT2D eigenvalue weighted by atomic mass is 10.2. The summed E-state index contributed by atoms with van der Waals surface area (Å²) in [5, 5.41) is -0.383. The lowest BCUT2D eigenvalue weighted by Crippen LogP contribution is -2.45. The van der Waals surface area contributed by atoms with Crippen LogP contribution in [-0.4, -0.2) is 52.5 Å². The molecule has 3 atom stereocenters. The van der Waals surface area contributed by atoms with Crippen molar-refractivity contribution in [3.63, 3.8) is 0 Å². The van der Waals surface area contributed by atoms with E-state index in [9.17, 15) is 14.4 Å². The molecule has 7 nitrogen and oxygen atoms in total.